The van der Waals surface area contributed by atoms with Crippen LogP contribution in [0, 0.1) is 12.7 Å². The fourth-order valence-corrected chi connectivity index (χ4v) is 1.32. The molecule has 0 atom stereocenters. The van der Waals surface area contributed by atoms with Crippen LogP contribution in [0.2, 0.25) is 0 Å². The van der Waals surface area contributed by atoms with Gasteiger partial charge in [0.15, 0.2) is 5.82 Å². The molecular weight excluding hydrogens is 213 g/mol. The Labute approximate surface area is 91.0 Å². The number of rotatable bonds is 2. The Morgan fingerprint density at radius 1 is 1.44 bits per heavy atom. The SMILES string of the molecule is COc1cc(-c2nc(C)no2)c(F)cc1N. The van der Waals surface area contributed by atoms with Crippen LogP contribution in [0.3, 0.4) is 0 Å². The van der Waals surface area contributed by atoms with Crippen LogP contribution in [0.15, 0.2) is 16.7 Å². The van der Waals surface area contributed by atoms with E-state index in [9.17, 15) is 4.39 Å². The largest absolute Gasteiger partial charge is 0.495 e. The van der Waals surface area contributed by atoms with Gasteiger partial charge in [-0.1, -0.05) is 5.16 Å². The van der Waals surface area contributed by atoms with Crippen LogP contribution in [0.5, 0.6) is 5.75 Å². The minimum atomic E-state index is -0.526. The molecule has 2 aromatic rings. The summed E-state index contributed by atoms with van der Waals surface area (Å²) in [6.45, 7) is 1.65. The van der Waals surface area contributed by atoms with Crippen LogP contribution < -0.4 is 10.5 Å². The van der Waals surface area contributed by atoms with Crippen molar-refractivity contribution in [3.8, 4) is 17.2 Å². The van der Waals surface area contributed by atoms with E-state index in [0.29, 0.717) is 11.6 Å². The van der Waals surface area contributed by atoms with E-state index in [1.54, 1.807) is 6.92 Å². The van der Waals surface area contributed by atoms with Crippen LogP contribution in [0.4, 0.5) is 10.1 Å². The summed E-state index contributed by atoms with van der Waals surface area (Å²) in [5.74, 6) is 0.382. The zero-order valence-electron chi connectivity index (χ0n) is 8.82. The smallest absolute Gasteiger partial charge is 0.261 e. The minimum Gasteiger partial charge on any atom is -0.495 e. The monoisotopic (exact) mass is 223 g/mol. The van der Waals surface area contributed by atoms with E-state index in [1.165, 1.54) is 13.2 Å². The average Bonchev–Trinajstić information content (AvgIpc) is 2.65. The molecule has 0 aliphatic heterocycles. The van der Waals surface area contributed by atoms with Crippen molar-refractivity contribution >= 4 is 5.69 Å². The first-order valence-electron chi connectivity index (χ1n) is 4.55. The molecule has 0 bridgehead atoms. The molecule has 2 rings (SSSR count). The molecule has 0 saturated carbocycles. The van der Waals surface area contributed by atoms with Gasteiger partial charge in [0.1, 0.15) is 11.6 Å². The summed E-state index contributed by atoms with van der Waals surface area (Å²) >= 11 is 0. The summed E-state index contributed by atoms with van der Waals surface area (Å²) in [6, 6.07) is 2.59. The third-order valence-electron chi connectivity index (χ3n) is 2.08. The van der Waals surface area contributed by atoms with Gasteiger partial charge < -0.3 is 15.0 Å². The summed E-state index contributed by atoms with van der Waals surface area (Å²) in [5, 5.41) is 3.59. The second kappa shape index (κ2) is 3.80. The van der Waals surface area contributed by atoms with Crippen molar-refractivity contribution in [3.63, 3.8) is 0 Å². The van der Waals surface area contributed by atoms with Crippen LogP contribution in [0.1, 0.15) is 5.82 Å². The number of nitrogens with zero attached hydrogens (tertiary/aromatic N) is 2. The van der Waals surface area contributed by atoms with Crippen molar-refractivity contribution in [3.05, 3.63) is 23.8 Å². The summed E-state index contributed by atoms with van der Waals surface area (Å²) in [4.78, 5) is 3.93. The molecular formula is C10H10FN3O2. The minimum absolute atomic E-state index is 0.105. The Hall–Kier alpha value is -2.11. The first-order valence-corrected chi connectivity index (χ1v) is 4.55. The van der Waals surface area contributed by atoms with Crippen molar-refractivity contribution in [2.75, 3.05) is 12.8 Å². The highest BCUT2D eigenvalue weighted by molar-refractivity contribution is 5.65. The molecule has 84 valence electrons. The second-order valence-electron chi connectivity index (χ2n) is 3.22. The molecule has 0 saturated heterocycles. The van der Waals surface area contributed by atoms with Gasteiger partial charge in [0.25, 0.3) is 5.89 Å². The van der Waals surface area contributed by atoms with E-state index >= 15 is 0 Å². The van der Waals surface area contributed by atoms with Crippen LogP contribution in [-0.4, -0.2) is 17.3 Å². The van der Waals surface area contributed by atoms with E-state index in [1.807, 2.05) is 0 Å². The Morgan fingerprint density at radius 2 is 2.19 bits per heavy atom. The predicted molar refractivity (Wildman–Crippen MR) is 55.4 cm³/mol. The number of benzene rings is 1. The highest BCUT2D eigenvalue weighted by Crippen LogP contribution is 2.30. The third-order valence-corrected chi connectivity index (χ3v) is 2.08. The first-order chi connectivity index (χ1) is 7.61. The number of methoxy groups -OCH3 is 1. The fourth-order valence-electron chi connectivity index (χ4n) is 1.32. The Kier molecular flexibility index (Phi) is 2.47. The molecule has 16 heavy (non-hydrogen) atoms. The maximum atomic E-state index is 13.6. The number of aromatic nitrogens is 2. The first kappa shape index (κ1) is 10.4. The molecule has 0 unspecified atom stereocenters. The summed E-state index contributed by atoms with van der Waals surface area (Å²) in [5.41, 5.74) is 5.95. The summed E-state index contributed by atoms with van der Waals surface area (Å²) in [6.07, 6.45) is 0. The molecule has 0 fully saturated rings. The topological polar surface area (TPSA) is 74.2 Å². The lowest BCUT2D eigenvalue weighted by Crippen LogP contribution is -1.95. The number of anilines is 1. The van der Waals surface area contributed by atoms with Gasteiger partial charge in [-0.05, 0) is 13.0 Å². The van der Waals surface area contributed by atoms with Crippen molar-refractivity contribution in [2.45, 2.75) is 6.92 Å². The Morgan fingerprint density at radius 3 is 2.75 bits per heavy atom. The zero-order valence-corrected chi connectivity index (χ0v) is 8.82. The lowest BCUT2D eigenvalue weighted by Gasteiger charge is -2.06. The molecule has 1 heterocycles. The van der Waals surface area contributed by atoms with Crippen LogP contribution in [0.25, 0.3) is 11.5 Å². The van der Waals surface area contributed by atoms with Gasteiger partial charge in [0.2, 0.25) is 0 Å². The van der Waals surface area contributed by atoms with Crippen LogP contribution >= 0.6 is 0 Å². The van der Waals surface area contributed by atoms with Crippen molar-refractivity contribution in [2.24, 2.45) is 0 Å². The fraction of sp³-hybridized carbons (Fsp3) is 0.200. The highest BCUT2D eigenvalue weighted by atomic mass is 19.1. The Bertz CT molecular complexity index is 525. The number of nitrogen functional groups attached to an aromatic ring is 1. The summed E-state index contributed by atoms with van der Waals surface area (Å²) < 4.78 is 23.5. The van der Waals surface area contributed by atoms with Gasteiger partial charge >= 0.3 is 0 Å². The molecule has 0 amide bonds. The molecule has 0 aliphatic rings. The number of ether oxygens (including phenoxy) is 1. The molecule has 0 radical (unpaired) electrons. The van der Waals surface area contributed by atoms with E-state index < -0.39 is 5.82 Å². The molecule has 0 spiro atoms. The van der Waals surface area contributed by atoms with Gasteiger partial charge in [-0.25, -0.2) is 4.39 Å². The van der Waals surface area contributed by atoms with Crippen LogP contribution in [-0.2, 0) is 0 Å². The molecule has 2 N–H and O–H groups in total. The predicted octanol–water partition coefficient (Wildman–Crippen LogP) is 1.77. The maximum absolute atomic E-state index is 13.6. The molecule has 0 aliphatic carbocycles. The molecule has 5 nitrogen and oxygen atoms in total. The van der Waals surface area contributed by atoms with Gasteiger partial charge in [0.05, 0.1) is 18.4 Å². The lowest BCUT2D eigenvalue weighted by atomic mass is 10.1. The van der Waals surface area contributed by atoms with E-state index in [0.717, 1.165) is 6.07 Å². The van der Waals surface area contributed by atoms with E-state index in [2.05, 4.69) is 10.1 Å². The number of nitrogens with two attached hydrogens (primary N) is 1. The number of hydrogen-bond acceptors (Lipinski definition) is 5. The van der Waals surface area contributed by atoms with E-state index in [-0.39, 0.29) is 17.1 Å². The third kappa shape index (κ3) is 1.69. The van der Waals surface area contributed by atoms with Gasteiger partial charge in [0, 0.05) is 6.07 Å². The Balaban J connectivity index is 2.56. The van der Waals surface area contributed by atoms with Crippen molar-refractivity contribution in [1.29, 1.82) is 0 Å². The molecule has 6 heteroatoms. The van der Waals surface area contributed by atoms with Gasteiger partial charge in [-0.2, -0.15) is 4.98 Å². The van der Waals surface area contributed by atoms with E-state index in [4.69, 9.17) is 15.0 Å². The zero-order chi connectivity index (χ0) is 11.7. The second-order valence-corrected chi connectivity index (χ2v) is 3.22. The summed E-state index contributed by atoms with van der Waals surface area (Å²) in [7, 11) is 1.45. The number of aryl methyl sites for hydroxylation is 1. The average molecular weight is 223 g/mol. The lowest BCUT2D eigenvalue weighted by molar-refractivity contribution is 0.412. The standard InChI is InChI=1S/C10H10FN3O2/c1-5-13-10(16-14-5)6-3-9(15-2)8(12)4-7(6)11/h3-4H,12H2,1-2H3. The normalized spacial score (nSPS) is 10.4. The van der Waals surface area contributed by atoms with Crippen molar-refractivity contribution < 1.29 is 13.7 Å². The van der Waals surface area contributed by atoms with Crippen molar-refractivity contribution in [1.82, 2.24) is 10.1 Å². The number of hydrogen-bond donors (Lipinski definition) is 1. The maximum Gasteiger partial charge on any atom is 0.261 e. The highest BCUT2D eigenvalue weighted by Gasteiger charge is 2.15. The molecule has 1 aromatic heterocycles. The van der Waals surface area contributed by atoms with Gasteiger partial charge in [-0.15, -0.1) is 0 Å². The quantitative estimate of drug-likeness (QED) is 0.785. The number of halogens is 1. The van der Waals surface area contributed by atoms with Gasteiger partial charge in [-0.3, -0.25) is 0 Å². The molecule has 1 aromatic carbocycles.